The maximum atomic E-state index is 12.3. The van der Waals surface area contributed by atoms with Gasteiger partial charge in [0.1, 0.15) is 9.96 Å². The van der Waals surface area contributed by atoms with Crippen LogP contribution in [0, 0.1) is 0 Å². The van der Waals surface area contributed by atoms with Crippen LogP contribution in [0.3, 0.4) is 0 Å². The monoisotopic (exact) mass is 465 g/mol. The number of carbonyl (C=O) groups is 2. The van der Waals surface area contributed by atoms with Crippen molar-refractivity contribution in [1.82, 2.24) is 0 Å². The Bertz CT molecular complexity index is 1150. The molecule has 1 aromatic heterocycles. The highest BCUT2D eigenvalue weighted by Crippen LogP contribution is 2.27. The summed E-state index contributed by atoms with van der Waals surface area (Å²) in [5.41, 5.74) is 0.840. The predicted octanol–water partition coefficient (Wildman–Crippen LogP) is 4.25. The van der Waals surface area contributed by atoms with Gasteiger partial charge >= 0.3 is 5.97 Å². The topological polar surface area (TPSA) is 98.8 Å². The molecule has 0 unspecified atom stereocenters. The number of ether oxygens (including phenoxy) is 2. The first-order valence-corrected chi connectivity index (χ1v) is 11.2. The van der Waals surface area contributed by atoms with E-state index in [0.29, 0.717) is 15.6 Å². The van der Waals surface area contributed by atoms with Crippen molar-refractivity contribution < 1.29 is 27.5 Å². The Morgan fingerprint density at radius 1 is 0.967 bits per heavy atom. The summed E-state index contributed by atoms with van der Waals surface area (Å²) in [5.74, 6) is -0.442. The lowest BCUT2D eigenvalue weighted by atomic mass is 10.1. The lowest BCUT2D eigenvalue weighted by Gasteiger charge is -2.08. The van der Waals surface area contributed by atoms with Gasteiger partial charge in [-0.15, -0.1) is 11.3 Å². The number of benzene rings is 2. The van der Waals surface area contributed by atoms with E-state index >= 15 is 0 Å². The van der Waals surface area contributed by atoms with Gasteiger partial charge in [0.05, 0.1) is 17.0 Å². The van der Waals surface area contributed by atoms with Gasteiger partial charge in [0, 0.05) is 11.3 Å². The molecule has 2 aromatic carbocycles. The molecular formula is C20H16ClNO6S2. The van der Waals surface area contributed by atoms with E-state index in [9.17, 15) is 18.0 Å². The van der Waals surface area contributed by atoms with Crippen LogP contribution in [0.15, 0.2) is 64.9 Å². The summed E-state index contributed by atoms with van der Waals surface area (Å²) in [6.45, 7) is -0.418. The Labute approximate surface area is 182 Å². The van der Waals surface area contributed by atoms with Crippen LogP contribution in [0.25, 0.3) is 0 Å². The van der Waals surface area contributed by atoms with Crippen molar-refractivity contribution in [2.24, 2.45) is 0 Å². The number of anilines is 1. The number of Topliss-reactive ketones (excluding diaryl/α,β-unsaturated/α-hetero) is 1. The molecule has 0 bridgehead atoms. The van der Waals surface area contributed by atoms with Gasteiger partial charge < -0.3 is 9.47 Å². The molecule has 3 rings (SSSR count). The van der Waals surface area contributed by atoms with E-state index in [2.05, 4.69) is 4.72 Å². The van der Waals surface area contributed by atoms with Crippen LogP contribution in [0.1, 0.15) is 20.7 Å². The molecule has 0 aliphatic heterocycles. The van der Waals surface area contributed by atoms with E-state index in [-0.39, 0.29) is 21.2 Å². The molecule has 0 atom stereocenters. The van der Waals surface area contributed by atoms with Gasteiger partial charge in [-0.05, 0) is 60.7 Å². The molecule has 0 aliphatic carbocycles. The Morgan fingerprint density at radius 3 is 2.17 bits per heavy atom. The third kappa shape index (κ3) is 5.38. The van der Waals surface area contributed by atoms with Crippen molar-refractivity contribution >= 4 is 50.4 Å². The molecule has 0 fully saturated rings. The average Bonchev–Trinajstić information content (AvgIpc) is 3.19. The molecule has 0 saturated heterocycles. The Morgan fingerprint density at radius 2 is 1.60 bits per heavy atom. The second-order valence-electron chi connectivity index (χ2n) is 5.97. The first-order chi connectivity index (χ1) is 14.3. The van der Waals surface area contributed by atoms with E-state index in [1.165, 1.54) is 43.5 Å². The smallest absolute Gasteiger partial charge is 0.338 e. The standard InChI is InChI=1S/C20H16ClNO6S2/c1-27-16-8-4-13(5-9-16)17(23)12-28-20(24)14-2-6-15(7-3-14)22-30(25,26)19-11-10-18(21)29-19/h2-11,22H,12H2,1H3. The van der Waals surface area contributed by atoms with Gasteiger partial charge in [0.2, 0.25) is 0 Å². The third-order valence-electron chi connectivity index (χ3n) is 3.93. The normalized spacial score (nSPS) is 11.0. The van der Waals surface area contributed by atoms with Crippen LogP contribution in [-0.2, 0) is 14.8 Å². The van der Waals surface area contributed by atoms with Crippen molar-refractivity contribution in [3.63, 3.8) is 0 Å². The highest BCUT2D eigenvalue weighted by atomic mass is 35.5. The summed E-state index contributed by atoms with van der Waals surface area (Å²) in [6, 6.07) is 15.0. The number of esters is 1. The minimum atomic E-state index is -3.77. The molecule has 0 saturated carbocycles. The predicted molar refractivity (Wildman–Crippen MR) is 114 cm³/mol. The van der Waals surface area contributed by atoms with Gasteiger partial charge in [0.15, 0.2) is 12.4 Å². The zero-order valence-corrected chi connectivity index (χ0v) is 18.0. The first kappa shape index (κ1) is 21.8. The number of hydrogen-bond acceptors (Lipinski definition) is 7. The van der Waals surface area contributed by atoms with Crippen LogP contribution in [0.2, 0.25) is 4.34 Å². The van der Waals surface area contributed by atoms with Crippen molar-refractivity contribution in [2.75, 3.05) is 18.4 Å². The molecule has 1 heterocycles. The summed E-state index contributed by atoms with van der Waals surface area (Å²) >= 11 is 6.71. The lowest BCUT2D eigenvalue weighted by molar-refractivity contribution is 0.0475. The second kappa shape index (κ2) is 9.29. The summed E-state index contributed by atoms with van der Waals surface area (Å²) < 4.78 is 37.5. The zero-order chi connectivity index (χ0) is 21.7. The van der Waals surface area contributed by atoms with Gasteiger partial charge in [-0.3, -0.25) is 9.52 Å². The summed E-state index contributed by atoms with van der Waals surface area (Å²) in [5, 5.41) is 0. The maximum absolute atomic E-state index is 12.3. The van der Waals surface area contributed by atoms with E-state index < -0.39 is 22.6 Å². The lowest BCUT2D eigenvalue weighted by Crippen LogP contribution is -2.14. The van der Waals surface area contributed by atoms with Crippen LogP contribution in [-0.4, -0.2) is 33.9 Å². The highest BCUT2D eigenvalue weighted by molar-refractivity contribution is 7.94. The Kier molecular flexibility index (Phi) is 6.76. The Balaban J connectivity index is 1.58. The van der Waals surface area contributed by atoms with Crippen molar-refractivity contribution in [2.45, 2.75) is 4.21 Å². The van der Waals surface area contributed by atoms with Gasteiger partial charge in [0.25, 0.3) is 10.0 Å². The van der Waals surface area contributed by atoms with E-state index in [0.717, 1.165) is 11.3 Å². The quantitative estimate of drug-likeness (QED) is 0.394. The molecule has 3 aromatic rings. The van der Waals surface area contributed by atoms with Crippen LogP contribution >= 0.6 is 22.9 Å². The Hall–Kier alpha value is -2.88. The minimum Gasteiger partial charge on any atom is -0.497 e. The number of carbonyl (C=O) groups excluding carboxylic acids is 2. The first-order valence-electron chi connectivity index (χ1n) is 8.51. The molecule has 10 heteroatoms. The summed E-state index contributed by atoms with van der Waals surface area (Å²) in [4.78, 5) is 24.3. The van der Waals surface area contributed by atoms with E-state index in [1.54, 1.807) is 24.3 Å². The number of ketones is 1. The largest absolute Gasteiger partial charge is 0.497 e. The third-order valence-corrected chi connectivity index (χ3v) is 7.04. The van der Waals surface area contributed by atoms with E-state index in [1.807, 2.05) is 0 Å². The van der Waals surface area contributed by atoms with Crippen LogP contribution in [0.4, 0.5) is 5.69 Å². The number of sulfonamides is 1. The fraction of sp³-hybridized carbons (Fsp3) is 0.100. The number of nitrogens with one attached hydrogen (secondary N) is 1. The average molecular weight is 466 g/mol. The fourth-order valence-corrected chi connectivity index (χ4v) is 4.94. The summed E-state index contributed by atoms with van der Waals surface area (Å²) in [7, 11) is -2.25. The van der Waals surface area contributed by atoms with Gasteiger partial charge in [-0.1, -0.05) is 11.6 Å². The van der Waals surface area contributed by atoms with Crippen LogP contribution in [0.5, 0.6) is 5.75 Å². The van der Waals surface area contributed by atoms with Crippen molar-refractivity contribution in [3.8, 4) is 5.75 Å². The number of hydrogen-bond donors (Lipinski definition) is 1. The molecule has 1 N–H and O–H groups in total. The zero-order valence-electron chi connectivity index (χ0n) is 15.6. The molecule has 7 nitrogen and oxygen atoms in total. The SMILES string of the molecule is COc1ccc(C(=O)COC(=O)c2ccc(NS(=O)(=O)c3ccc(Cl)s3)cc2)cc1. The number of thiophene rings is 1. The molecule has 0 amide bonds. The highest BCUT2D eigenvalue weighted by Gasteiger charge is 2.17. The van der Waals surface area contributed by atoms with Crippen molar-refractivity contribution in [1.29, 1.82) is 0 Å². The molecule has 30 heavy (non-hydrogen) atoms. The van der Waals surface area contributed by atoms with Crippen LogP contribution < -0.4 is 9.46 Å². The van der Waals surface area contributed by atoms with Gasteiger partial charge in [-0.2, -0.15) is 0 Å². The summed E-state index contributed by atoms with van der Waals surface area (Å²) in [6.07, 6.45) is 0. The number of halogens is 1. The molecule has 156 valence electrons. The minimum absolute atomic E-state index is 0.0769. The second-order valence-corrected chi connectivity index (χ2v) is 9.59. The molecular weight excluding hydrogens is 450 g/mol. The van der Waals surface area contributed by atoms with Crippen molar-refractivity contribution in [3.05, 3.63) is 76.1 Å². The maximum Gasteiger partial charge on any atom is 0.338 e. The number of methoxy groups -OCH3 is 1. The molecule has 0 radical (unpaired) electrons. The fourth-order valence-electron chi connectivity index (χ4n) is 2.40. The van der Waals surface area contributed by atoms with E-state index in [4.69, 9.17) is 21.1 Å². The van der Waals surface area contributed by atoms with Gasteiger partial charge in [-0.25, -0.2) is 13.2 Å². The number of rotatable bonds is 8. The molecule has 0 aliphatic rings. The molecule has 0 spiro atoms.